The Morgan fingerprint density at radius 2 is 2.14 bits per heavy atom. The van der Waals surface area contributed by atoms with E-state index in [1.54, 1.807) is 0 Å². The molecule has 0 unspecified atom stereocenters. The van der Waals surface area contributed by atoms with Gasteiger partial charge >= 0.3 is 0 Å². The number of carbonyl (C=O) groups is 1. The van der Waals surface area contributed by atoms with E-state index in [4.69, 9.17) is 17.3 Å². The van der Waals surface area contributed by atoms with E-state index in [9.17, 15) is 18.0 Å². The molecule has 7 heteroatoms. The van der Waals surface area contributed by atoms with Gasteiger partial charge in [0.25, 0.3) is 11.7 Å². The third-order valence-corrected chi connectivity index (χ3v) is 1.66. The molecule has 0 spiro atoms. The summed E-state index contributed by atoms with van der Waals surface area (Å²) in [6, 6.07) is 0.462. The third kappa shape index (κ3) is 1.95. The van der Waals surface area contributed by atoms with E-state index in [1.165, 1.54) is 0 Å². The van der Waals surface area contributed by atoms with Crippen LogP contribution in [-0.2, 0) is 0 Å². The Bertz CT molecular complexity index is 383. The van der Waals surface area contributed by atoms with E-state index in [0.717, 1.165) is 0 Å². The van der Waals surface area contributed by atoms with Gasteiger partial charge in [0.2, 0.25) is 5.95 Å². The van der Waals surface area contributed by atoms with Gasteiger partial charge in [0.15, 0.2) is 0 Å². The molecule has 76 valence electrons. The van der Waals surface area contributed by atoms with Gasteiger partial charge in [-0.2, -0.15) is 4.39 Å². The van der Waals surface area contributed by atoms with Crippen LogP contribution >= 0.6 is 11.6 Å². The fourth-order valence-electron chi connectivity index (χ4n) is 0.872. The highest BCUT2D eigenvalue weighted by molar-refractivity contribution is 6.68. The van der Waals surface area contributed by atoms with Gasteiger partial charge in [-0.05, 0) is 11.6 Å². The van der Waals surface area contributed by atoms with Crippen molar-refractivity contribution in [2.45, 2.75) is 6.43 Å². The highest BCUT2D eigenvalue weighted by Crippen LogP contribution is 2.27. The molecular formula is C7H4ClF3N2O. The van der Waals surface area contributed by atoms with Crippen LogP contribution < -0.4 is 5.73 Å². The minimum absolute atomic E-state index is 0.462. The summed E-state index contributed by atoms with van der Waals surface area (Å²) in [7, 11) is 0. The number of nitrogens with two attached hydrogens (primary N) is 1. The molecule has 0 atom stereocenters. The number of nitrogens with zero attached hydrogens (tertiary/aromatic N) is 1. The predicted molar refractivity (Wildman–Crippen MR) is 43.7 cm³/mol. The van der Waals surface area contributed by atoms with Gasteiger partial charge in [-0.25, -0.2) is 13.8 Å². The van der Waals surface area contributed by atoms with Crippen molar-refractivity contribution in [3.63, 3.8) is 0 Å². The molecular weight excluding hydrogens is 221 g/mol. The molecule has 3 nitrogen and oxygen atoms in total. The molecule has 1 rings (SSSR count). The Balaban J connectivity index is 3.40. The molecule has 0 amide bonds. The van der Waals surface area contributed by atoms with Gasteiger partial charge in [0, 0.05) is 11.6 Å². The number of pyridine rings is 1. The molecule has 2 N–H and O–H groups in total. The quantitative estimate of drug-likeness (QED) is 0.618. The van der Waals surface area contributed by atoms with Crippen LogP contribution in [0.2, 0.25) is 0 Å². The SMILES string of the molecule is Nc1c(C(F)F)cc(F)nc1C(=O)Cl. The monoisotopic (exact) mass is 224 g/mol. The Morgan fingerprint density at radius 1 is 1.57 bits per heavy atom. The standard InChI is InChI=1S/C7H4ClF3N2O/c8-6(14)5-4(12)2(7(10)11)1-3(9)13-5/h1,7H,12H2. The molecule has 0 saturated heterocycles. The summed E-state index contributed by atoms with van der Waals surface area (Å²) < 4.78 is 37.1. The topological polar surface area (TPSA) is 56.0 Å². The van der Waals surface area contributed by atoms with Crippen molar-refractivity contribution >= 4 is 22.5 Å². The smallest absolute Gasteiger partial charge is 0.273 e. The van der Waals surface area contributed by atoms with Gasteiger partial charge in [-0.15, -0.1) is 0 Å². The lowest BCUT2D eigenvalue weighted by Gasteiger charge is -2.06. The summed E-state index contributed by atoms with van der Waals surface area (Å²) in [6.45, 7) is 0. The number of halogens is 4. The molecule has 0 aliphatic carbocycles. The van der Waals surface area contributed by atoms with Crippen LogP contribution in [0.15, 0.2) is 6.07 Å². The van der Waals surface area contributed by atoms with Crippen molar-refractivity contribution in [2.75, 3.05) is 5.73 Å². The molecule has 0 aliphatic heterocycles. The van der Waals surface area contributed by atoms with Crippen molar-refractivity contribution < 1.29 is 18.0 Å². The fraction of sp³-hybridized carbons (Fsp3) is 0.143. The van der Waals surface area contributed by atoms with E-state index < -0.39 is 34.6 Å². The number of rotatable bonds is 2. The maximum atomic E-state index is 12.6. The second-order valence-electron chi connectivity index (χ2n) is 2.37. The Kier molecular flexibility index (Phi) is 2.95. The van der Waals surface area contributed by atoms with Gasteiger partial charge < -0.3 is 5.73 Å². The zero-order chi connectivity index (χ0) is 10.9. The lowest BCUT2D eigenvalue weighted by atomic mass is 10.2. The van der Waals surface area contributed by atoms with E-state index in [-0.39, 0.29) is 0 Å². The number of nitrogen functional groups attached to an aromatic ring is 1. The minimum atomic E-state index is -2.98. The summed E-state index contributed by atoms with van der Waals surface area (Å²) in [5, 5.41) is -1.18. The van der Waals surface area contributed by atoms with Gasteiger partial charge in [-0.3, -0.25) is 4.79 Å². The largest absolute Gasteiger partial charge is 0.396 e. The Hall–Kier alpha value is -1.30. The van der Waals surface area contributed by atoms with E-state index in [2.05, 4.69) is 4.98 Å². The summed E-state index contributed by atoms with van der Waals surface area (Å²) in [6.07, 6.45) is -2.98. The number of anilines is 1. The van der Waals surface area contributed by atoms with Crippen LogP contribution in [0.3, 0.4) is 0 Å². The molecule has 1 aromatic rings. The molecule has 0 fully saturated rings. The number of carbonyl (C=O) groups excluding carboxylic acids is 1. The Labute approximate surface area is 81.7 Å². The second kappa shape index (κ2) is 3.83. The molecule has 0 saturated carbocycles. The molecule has 0 bridgehead atoms. The van der Waals surface area contributed by atoms with Crippen LogP contribution in [0.5, 0.6) is 0 Å². The Morgan fingerprint density at radius 3 is 2.57 bits per heavy atom. The molecule has 14 heavy (non-hydrogen) atoms. The van der Waals surface area contributed by atoms with Crippen LogP contribution in [0.25, 0.3) is 0 Å². The van der Waals surface area contributed by atoms with E-state index >= 15 is 0 Å². The number of aromatic nitrogens is 1. The first-order chi connectivity index (χ1) is 6.43. The van der Waals surface area contributed by atoms with Crippen LogP contribution in [0.1, 0.15) is 22.5 Å². The van der Waals surface area contributed by atoms with Crippen molar-refractivity contribution in [3.8, 4) is 0 Å². The maximum Gasteiger partial charge on any atom is 0.273 e. The molecule has 0 aliphatic rings. The van der Waals surface area contributed by atoms with Crippen LogP contribution in [0.4, 0.5) is 18.9 Å². The van der Waals surface area contributed by atoms with Crippen molar-refractivity contribution in [1.82, 2.24) is 4.98 Å². The summed E-state index contributed by atoms with van der Waals surface area (Å²) in [5.41, 5.74) is 3.06. The zero-order valence-electron chi connectivity index (χ0n) is 6.60. The zero-order valence-corrected chi connectivity index (χ0v) is 7.36. The fourth-order valence-corrected chi connectivity index (χ4v) is 1.02. The summed E-state index contributed by atoms with van der Waals surface area (Å²) in [4.78, 5) is 13.6. The first-order valence-electron chi connectivity index (χ1n) is 3.37. The van der Waals surface area contributed by atoms with Crippen molar-refractivity contribution in [1.29, 1.82) is 0 Å². The summed E-state index contributed by atoms with van der Waals surface area (Å²) >= 11 is 4.96. The third-order valence-electron chi connectivity index (χ3n) is 1.48. The lowest BCUT2D eigenvalue weighted by Crippen LogP contribution is -2.07. The van der Waals surface area contributed by atoms with Crippen molar-refractivity contribution in [2.24, 2.45) is 0 Å². The highest BCUT2D eigenvalue weighted by Gasteiger charge is 2.20. The normalized spacial score (nSPS) is 10.6. The molecule has 0 radical (unpaired) electrons. The summed E-state index contributed by atoms with van der Waals surface area (Å²) in [5.74, 6) is -1.22. The van der Waals surface area contributed by atoms with E-state index in [1.807, 2.05) is 0 Å². The van der Waals surface area contributed by atoms with Crippen LogP contribution in [-0.4, -0.2) is 10.2 Å². The highest BCUT2D eigenvalue weighted by atomic mass is 35.5. The average Bonchev–Trinajstić information content (AvgIpc) is 2.07. The predicted octanol–water partition coefficient (Wildman–Crippen LogP) is 2.12. The second-order valence-corrected chi connectivity index (χ2v) is 2.71. The first kappa shape index (κ1) is 10.8. The lowest BCUT2D eigenvalue weighted by molar-refractivity contribution is 0.107. The number of alkyl halides is 2. The number of hydrogen-bond donors (Lipinski definition) is 1. The number of hydrogen-bond acceptors (Lipinski definition) is 3. The molecule has 1 heterocycles. The molecule has 0 aromatic carbocycles. The maximum absolute atomic E-state index is 12.6. The van der Waals surface area contributed by atoms with Gasteiger partial charge in [0.1, 0.15) is 5.69 Å². The minimum Gasteiger partial charge on any atom is -0.396 e. The average molecular weight is 225 g/mol. The first-order valence-corrected chi connectivity index (χ1v) is 3.75. The molecule has 1 aromatic heterocycles. The van der Waals surface area contributed by atoms with Gasteiger partial charge in [0.05, 0.1) is 5.69 Å². The van der Waals surface area contributed by atoms with Gasteiger partial charge in [-0.1, -0.05) is 0 Å². The van der Waals surface area contributed by atoms with E-state index in [0.29, 0.717) is 6.07 Å². The van der Waals surface area contributed by atoms with Crippen molar-refractivity contribution in [3.05, 3.63) is 23.3 Å². The van der Waals surface area contributed by atoms with Crippen LogP contribution in [0, 0.1) is 5.95 Å².